The summed E-state index contributed by atoms with van der Waals surface area (Å²) in [6.07, 6.45) is -0.885. The summed E-state index contributed by atoms with van der Waals surface area (Å²) in [6.45, 7) is 0.198. The van der Waals surface area contributed by atoms with E-state index in [-0.39, 0.29) is 18.7 Å². The van der Waals surface area contributed by atoms with Crippen molar-refractivity contribution in [3.63, 3.8) is 0 Å². The fraction of sp³-hybridized carbons (Fsp3) is 0.294. The van der Waals surface area contributed by atoms with E-state index < -0.39 is 23.6 Å². The standard InChI is InChI=1S/C17H18F3NO3/c1-23-12-5-11(6-13(7-12)24-2)16(22)9-21-8-10-3-14(18)17(20)15(19)4-10/h3-7,16,21-22H,8-9H2,1-2H3. The third-order valence-electron chi connectivity index (χ3n) is 3.47. The first-order chi connectivity index (χ1) is 11.4. The lowest BCUT2D eigenvalue weighted by atomic mass is 10.1. The van der Waals surface area contributed by atoms with Gasteiger partial charge in [-0.2, -0.15) is 0 Å². The van der Waals surface area contributed by atoms with Gasteiger partial charge in [0.1, 0.15) is 11.5 Å². The van der Waals surface area contributed by atoms with E-state index in [0.29, 0.717) is 17.1 Å². The summed E-state index contributed by atoms with van der Waals surface area (Å²) in [5.41, 5.74) is 0.803. The lowest BCUT2D eigenvalue weighted by Crippen LogP contribution is -2.21. The molecule has 0 aliphatic rings. The molecule has 24 heavy (non-hydrogen) atoms. The summed E-state index contributed by atoms with van der Waals surface area (Å²) in [5.74, 6) is -2.92. The first kappa shape index (κ1) is 18.1. The maximum absolute atomic E-state index is 13.1. The normalized spacial score (nSPS) is 12.1. The topological polar surface area (TPSA) is 50.7 Å². The molecule has 0 aliphatic heterocycles. The Morgan fingerprint density at radius 2 is 1.50 bits per heavy atom. The van der Waals surface area contributed by atoms with Gasteiger partial charge in [-0.1, -0.05) is 0 Å². The number of hydrogen-bond acceptors (Lipinski definition) is 4. The van der Waals surface area contributed by atoms with Crippen molar-refractivity contribution in [2.75, 3.05) is 20.8 Å². The Bertz CT molecular complexity index is 664. The molecule has 2 N–H and O–H groups in total. The maximum Gasteiger partial charge on any atom is 0.194 e. The molecule has 0 aliphatic carbocycles. The second kappa shape index (κ2) is 8.03. The molecule has 0 saturated carbocycles. The molecule has 1 unspecified atom stereocenters. The molecule has 130 valence electrons. The van der Waals surface area contributed by atoms with Crippen molar-refractivity contribution in [3.8, 4) is 11.5 Å². The van der Waals surface area contributed by atoms with Gasteiger partial charge in [-0.15, -0.1) is 0 Å². The number of nitrogens with one attached hydrogen (secondary N) is 1. The van der Waals surface area contributed by atoms with Crippen LogP contribution in [0.15, 0.2) is 30.3 Å². The molecule has 0 saturated heterocycles. The van der Waals surface area contributed by atoms with Gasteiger partial charge in [0, 0.05) is 19.2 Å². The fourth-order valence-corrected chi connectivity index (χ4v) is 2.20. The van der Waals surface area contributed by atoms with Crippen molar-refractivity contribution in [2.45, 2.75) is 12.6 Å². The highest BCUT2D eigenvalue weighted by Crippen LogP contribution is 2.26. The minimum atomic E-state index is -1.50. The smallest absolute Gasteiger partial charge is 0.194 e. The third kappa shape index (κ3) is 4.39. The molecular weight excluding hydrogens is 323 g/mol. The van der Waals surface area contributed by atoms with Crippen molar-refractivity contribution in [1.29, 1.82) is 0 Å². The van der Waals surface area contributed by atoms with E-state index in [0.717, 1.165) is 12.1 Å². The highest BCUT2D eigenvalue weighted by Gasteiger charge is 2.13. The van der Waals surface area contributed by atoms with Crippen LogP contribution in [0.3, 0.4) is 0 Å². The van der Waals surface area contributed by atoms with Crippen LogP contribution in [0.1, 0.15) is 17.2 Å². The van der Waals surface area contributed by atoms with Gasteiger partial charge in [-0.05, 0) is 35.4 Å². The number of halogens is 3. The average molecular weight is 341 g/mol. The zero-order valence-electron chi connectivity index (χ0n) is 13.3. The Morgan fingerprint density at radius 3 is 2.00 bits per heavy atom. The Labute approximate surface area is 137 Å². The third-order valence-corrected chi connectivity index (χ3v) is 3.47. The molecule has 0 aromatic heterocycles. The molecule has 1 atom stereocenters. The summed E-state index contributed by atoms with van der Waals surface area (Å²) in [6, 6.07) is 6.81. The van der Waals surface area contributed by atoms with Crippen LogP contribution in [0.2, 0.25) is 0 Å². The number of benzene rings is 2. The molecule has 0 radical (unpaired) electrons. The van der Waals surface area contributed by atoms with E-state index in [1.54, 1.807) is 18.2 Å². The van der Waals surface area contributed by atoms with Gasteiger partial charge in [0.05, 0.1) is 20.3 Å². The number of methoxy groups -OCH3 is 2. The quantitative estimate of drug-likeness (QED) is 0.761. The van der Waals surface area contributed by atoms with Crippen LogP contribution in [-0.4, -0.2) is 25.9 Å². The lowest BCUT2D eigenvalue weighted by molar-refractivity contribution is 0.173. The van der Waals surface area contributed by atoms with Crippen molar-refractivity contribution >= 4 is 0 Å². The van der Waals surface area contributed by atoms with E-state index >= 15 is 0 Å². The van der Waals surface area contributed by atoms with Gasteiger partial charge in [0.2, 0.25) is 0 Å². The molecule has 2 aromatic rings. The van der Waals surface area contributed by atoms with Gasteiger partial charge in [0.15, 0.2) is 17.5 Å². The monoisotopic (exact) mass is 341 g/mol. The molecular formula is C17H18F3NO3. The zero-order chi connectivity index (χ0) is 17.7. The molecule has 0 bridgehead atoms. The summed E-state index contributed by atoms with van der Waals surface area (Å²) in [7, 11) is 3.00. The molecule has 0 fully saturated rings. The average Bonchev–Trinajstić information content (AvgIpc) is 2.58. The Balaban J connectivity index is 1.99. The molecule has 4 nitrogen and oxygen atoms in total. The van der Waals surface area contributed by atoms with Crippen LogP contribution in [0.4, 0.5) is 13.2 Å². The van der Waals surface area contributed by atoms with Crippen LogP contribution in [0, 0.1) is 17.5 Å². The summed E-state index contributed by atoms with van der Waals surface area (Å²) >= 11 is 0. The minimum absolute atomic E-state index is 0.0757. The van der Waals surface area contributed by atoms with Crippen LogP contribution in [-0.2, 0) is 6.54 Å². The molecule has 0 heterocycles. The van der Waals surface area contributed by atoms with Crippen molar-refractivity contribution in [3.05, 3.63) is 58.9 Å². The minimum Gasteiger partial charge on any atom is -0.497 e. The molecule has 2 aromatic carbocycles. The summed E-state index contributed by atoms with van der Waals surface area (Å²) < 4.78 is 49.4. The molecule has 0 spiro atoms. The van der Waals surface area contributed by atoms with Gasteiger partial charge >= 0.3 is 0 Å². The van der Waals surface area contributed by atoms with Crippen LogP contribution < -0.4 is 14.8 Å². The summed E-state index contributed by atoms with van der Waals surface area (Å²) in [5, 5.41) is 13.1. The van der Waals surface area contributed by atoms with Crippen molar-refractivity contribution < 1.29 is 27.8 Å². The fourth-order valence-electron chi connectivity index (χ4n) is 2.20. The number of rotatable bonds is 7. The van der Waals surface area contributed by atoms with Gasteiger partial charge in [0.25, 0.3) is 0 Å². The van der Waals surface area contributed by atoms with E-state index in [9.17, 15) is 18.3 Å². The van der Waals surface area contributed by atoms with E-state index in [4.69, 9.17) is 9.47 Å². The number of aliphatic hydroxyl groups is 1. The SMILES string of the molecule is COc1cc(OC)cc(C(O)CNCc2cc(F)c(F)c(F)c2)c1. The molecule has 7 heteroatoms. The maximum atomic E-state index is 13.1. The number of hydrogen-bond donors (Lipinski definition) is 2. The van der Waals surface area contributed by atoms with E-state index in [2.05, 4.69) is 5.32 Å². The van der Waals surface area contributed by atoms with Crippen LogP contribution >= 0.6 is 0 Å². The first-order valence-corrected chi connectivity index (χ1v) is 7.19. The molecule has 2 rings (SSSR count). The Morgan fingerprint density at radius 1 is 0.958 bits per heavy atom. The van der Waals surface area contributed by atoms with Crippen LogP contribution in [0.25, 0.3) is 0 Å². The second-order valence-electron chi connectivity index (χ2n) is 5.17. The highest BCUT2D eigenvalue weighted by atomic mass is 19.2. The number of ether oxygens (including phenoxy) is 2. The van der Waals surface area contributed by atoms with Crippen molar-refractivity contribution in [2.24, 2.45) is 0 Å². The summed E-state index contributed by atoms with van der Waals surface area (Å²) in [4.78, 5) is 0. The van der Waals surface area contributed by atoms with Gasteiger partial charge < -0.3 is 19.9 Å². The zero-order valence-corrected chi connectivity index (χ0v) is 13.3. The van der Waals surface area contributed by atoms with E-state index in [1.165, 1.54) is 14.2 Å². The first-order valence-electron chi connectivity index (χ1n) is 7.19. The predicted octanol–water partition coefficient (Wildman–Crippen LogP) is 2.94. The van der Waals surface area contributed by atoms with Crippen molar-refractivity contribution in [1.82, 2.24) is 5.32 Å². The molecule has 0 amide bonds. The second-order valence-corrected chi connectivity index (χ2v) is 5.17. The Kier molecular flexibility index (Phi) is 6.05. The largest absolute Gasteiger partial charge is 0.497 e. The Hall–Kier alpha value is -2.25. The number of aliphatic hydroxyl groups excluding tert-OH is 1. The van der Waals surface area contributed by atoms with Gasteiger partial charge in [-0.25, -0.2) is 13.2 Å². The van der Waals surface area contributed by atoms with Crippen LogP contribution in [0.5, 0.6) is 11.5 Å². The lowest BCUT2D eigenvalue weighted by Gasteiger charge is -2.15. The highest BCUT2D eigenvalue weighted by molar-refractivity contribution is 5.39. The predicted molar refractivity (Wildman–Crippen MR) is 82.5 cm³/mol. The van der Waals surface area contributed by atoms with Gasteiger partial charge in [-0.3, -0.25) is 0 Å². The van der Waals surface area contributed by atoms with E-state index in [1.807, 2.05) is 0 Å².